The smallest absolute Gasteiger partial charge is 0.156 e. The molecule has 1 aromatic heterocycles. The van der Waals surface area contributed by atoms with Gasteiger partial charge in [0.2, 0.25) is 0 Å². The normalized spacial score (nSPS) is 16.6. The summed E-state index contributed by atoms with van der Waals surface area (Å²) >= 11 is 6.25. The fraction of sp³-hybridized carbons (Fsp3) is 0.571. The molecule has 19 heavy (non-hydrogen) atoms. The van der Waals surface area contributed by atoms with Gasteiger partial charge in [-0.05, 0) is 45.0 Å². The van der Waals surface area contributed by atoms with Gasteiger partial charge in [0.05, 0.1) is 23.5 Å². The maximum Gasteiger partial charge on any atom is 0.156 e. The van der Waals surface area contributed by atoms with Gasteiger partial charge in [0.25, 0.3) is 0 Å². The van der Waals surface area contributed by atoms with Crippen LogP contribution in [0.5, 0.6) is 0 Å². The van der Waals surface area contributed by atoms with E-state index in [1.165, 1.54) is 0 Å². The summed E-state index contributed by atoms with van der Waals surface area (Å²) in [7, 11) is 4.05. The van der Waals surface area contributed by atoms with Crippen LogP contribution in [0.1, 0.15) is 31.4 Å². The lowest BCUT2D eigenvalue weighted by Gasteiger charge is -2.13. The molecule has 0 radical (unpaired) electrons. The van der Waals surface area contributed by atoms with Crippen LogP contribution in [0, 0.1) is 0 Å². The first kappa shape index (κ1) is 14.3. The molecule has 0 spiro atoms. The topological polar surface area (TPSA) is 38.1 Å². The van der Waals surface area contributed by atoms with Gasteiger partial charge in [-0.15, -0.1) is 0 Å². The van der Waals surface area contributed by atoms with Gasteiger partial charge < -0.3 is 4.90 Å². The average Bonchev–Trinajstić information content (AvgIpc) is 2.58. The van der Waals surface area contributed by atoms with Crippen molar-refractivity contribution >= 4 is 23.0 Å². The van der Waals surface area contributed by atoms with Crippen molar-refractivity contribution in [2.45, 2.75) is 32.2 Å². The van der Waals surface area contributed by atoms with E-state index in [2.05, 4.69) is 10.00 Å². The van der Waals surface area contributed by atoms with Crippen LogP contribution in [0.2, 0.25) is 5.02 Å². The van der Waals surface area contributed by atoms with E-state index in [1.807, 2.05) is 18.8 Å². The average molecular weight is 282 g/mol. The SMILES string of the molecule is CN(C)CCn1ncc(Cl)c1C1=CC(=O)CCCC1. The van der Waals surface area contributed by atoms with Crippen LogP contribution >= 0.6 is 11.6 Å². The molecule has 104 valence electrons. The molecule has 5 heteroatoms. The van der Waals surface area contributed by atoms with E-state index in [9.17, 15) is 4.79 Å². The fourth-order valence-corrected chi connectivity index (χ4v) is 2.55. The van der Waals surface area contributed by atoms with Gasteiger partial charge in [-0.2, -0.15) is 5.10 Å². The number of aromatic nitrogens is 2. The lowest BCUT2D eigenvalue weighted by atomic mass is 10.1. The predicted molar refractivity (Wildman–Crippen MR) is 77.2 cm³/mol. The Hall–Kier alpha value is -1.13. The third-order valence-corrected chi connectivity index (χ3v) is 3.59. The molecule has 0 unspecified atom stereocenters. The molecule has 1 aliphatic rings. The highest BCUT2D eigenvalue weighted by Crippen LogP contribution is 2.29. The molecule has 0 atom stereocenters. The van der Waals surface area contributed by atoms with Crippen molar-refractivity contribution in [1.29, 1.82) is 0 Å². The van der Waals surface area contributed by atoms with E-state index in [0.29, 0.717) is 11.4 Å². The minimum atomic E-state index is 0.198. The molecule has 0 fully saturated rings. The third kappa shape index (κ3) is 3.67. The van der Waals surface area contributed by atoms with E-state index in [1.54, 1.807) is 12.3 Å². The molecule has 0 N–H and O–H groups in total. The van der Waals surface area contributed by atoms with Crippen molar-refractivity contribution < 1.29 is 4.79 Å². The first-order valence-corrected chi connectivity index (χ1v) is 7.05. The van der Waals surface area contributed by atoms with Crippen LogP contribution in [0.25, 0.3) is 5.57 Å². The molecule has 0 bridgehead atoms. The molecule has 0 saturated heterocycles. The molecule has 0 saturated carbocycles. The molecular weight excluding hydrogens is 262 g/mol. The van der Waals surface area contributed by atoms with Crippen LogP contribution in [0.4, 0.5) is 0 Å². The Morgan fingerprint density at radius 3 is 2.84 bits per heavy atom. The van der Waals surface area contributed by atoms with Crippen LogP contribution in [0.3, 0.4) is 0 Å². The van der Waals surface area contributed by atoms with E-state index < -0.39 is 0 Å². The van der Waals surface area contributed by atoms with Crippen molar-refractivity contribution in [3.63, 3.8) is 0 Å². The number of hydrogen-bond acceptors (Lipinski definition) is 3. The third-order valence-electron chi connectivity index (χ3n) is 3.31. The summed E-state index contributed by atoms with van der Waals surface area (Å²) in [5, 5.41) is 4.96. The summed E-state index contributed by atoms with van der Waals surface area (Å²) in [5.74, 6) is 0.198. The quantitative estimate of drug-likeness (QED) is 0.851. The predicted octanol–water partition coefficient (Wildman–Crippen LogP) is 2.62. The molecular formula is C14H20ClN3O. The number of carbonyl (C=O) groups excluding carboxylic acids is 1. The highest BCUT2D eigenvalue weighted by atomic mass is 35.5. The maximum atomic E-state index is 11.7. The lowest BCUT2D eigenvalue weighted by Crippen LogP contribution is -2.20. The maximum absolute atomic E-state index is 11.7. The zero-order valence-corrected chi connectivity index (χ0v) is 12.3. The Morgan fingerprint density at radius 2 is 2.11 bits per heavy atom. The first-order chi connectivity index (χ1) is 9.08. The molecule has 4 nitrogen and oxygen atoms in total. The van der Waals surface area contributed by atoms with Gasteiger partial charge in [-0.3, -0.25) is 9.48 Å². The number of halogens is 1. The zero-order valence-electron chi connectivity index (χ0n) is 11.5. The van der Waals surface area contributed by atoms with Crippen LogP contribution < -0.4 is 0 Å². The van der Waals surface area contributed by atoms with Crippen molar-refractivity contribution in [2.75, 3.05) is 20.6 Å². The largest absolute Gasteiger partial charge is 0.308 e. The molecule has 1 heterocycles. The summed E-state index contributed by atoms with van der Waals surface area (Å²) in [5.41, 5.74) is 1.95. The van der Waals surface area contributed by atoms with Crippen LogP contribution in [-0.2, 0) is 11.3 Å². The zero-order chi connectivity index (χ0) is 13.8. The minimum Gasteiger partial charge on any atom is -0.308 e. The summed E-state index contributed by atoms with van der Waals surface area (Å²) in [6.07, 6.45) is 6.96. The second kappa shape index (κ2) is 6.35. The first-order valence-electron chi connectivity index (χ1n) is 6.67. The number of rotatable bonds is 4. The van der Waals surface area contributed by atoms with Crippen molar-refractivity contribution in [3.05, 3.63) is 23.0 Å². The number of allylic oxidation sites excluding steroid dienone is 2. The van der Waals surface area contributed by atoms with Crippen molar-refractivity contribution in [1.82, 2.24) is 14.7 Å². The number of likely N-dealkylation sites (N-methyl/N-ethyl adjacent to an activating group) is 1. The molecule has 1 aliphatic carbocycles. The number of carbonyl (C=O) groups is 1. The number of ketones is 1. The summed E-state index contributed by atoms with van der Waals surface area (Å²) in [4.78, 5) is 13.8. The van der Waals surface area contributed by atoms with Gasteiger partial charge in [0.1, 0.15) is 0 Å². The van der Waals surface area contributed by atoms with Gasteiger partial charge in [-0.25, -0.2) is 0 Å². The van der Waals surface area contributed by atoms with Gasteiger partial charge in [0, 0.05) is 13.0 Å². The monoisotopic (exact) mass is 281 g/mol. The second-order valence-corrected chi connectivity index (χ2v) is 5.62. The van der Waals surface area contributed by atoms with E-state index in [0.717, 1.165) is 43.6 Å². The highest BCUT2D eigenvalue weighted by molar-refractivity contribution is 6.32. The molecule has 1 aromatic rings. The summed E-state index contributed by atoms with van der Waals surface area (Å²) in [6.45, 7) is 1.67. The van der Waals surface area contributed by atoms with E-state index in [4.69, 9.17) is 11.6 Å². The second-order valence-electron chi connectivity index (χ2n) is 5.21. The lowest BCUT2D eigenvalue weighted by molar-refractivity contribution is -0.114. The molecule has 0 aromatic carbocycles. The van der Waals surface area contributed by atoms with E-state index >= 15 is 0 Å². The summed E-state index contributed by atoms with van der Waals surface area (Å²) in [6, 6.07) is 0. The standard InChI is InChI=1S/C14H20ClN3O/c1-17(2)7-8-18-14(13(15)10-16-18)11-5-3-4-6-12(19)9-11/h9-10H,3-8H2,1-2H3. The minimum absolute atomic E-state index is 0.198. The number of hydrogen-bond donors (Lipinski definition) is 0. The Labute approximate surface area is 119 Å². The Bertz CT molecular complexity index is 491. The highest BCUT2D eigenvalue weighted by Gasteiger charge is 2.17. The summed E-state index contributed by atoms with van der Waals surface area (Å²) < 4.78 is 1.91. The van der Waals surface area contributed by atoms with E-state index in [-0.39, 0.29) is 5.78 Å². The van der Waals surface area contributed by atoms with Crippen LogP contribution in [0.15, 0.2) is 12.3 Å². The van der Waals surface area contributed by atoms with Gasteiger partial charge >= 0.3 is 0 Å². The van der Waals surface area contributed by atoms with Gasteiger partial charge in [0.15, 0.2) is 5.78 Å². The Kier molecular flexibility index (Phi) is 4.77. The number of nitrogens with zero attached hydrogens (tertiary/aromatic N) is 3. The Balaban J connectivity index is 2.27. The molecule has 2 rings (SSSR count). The molecule has 0 aliphatic heterocycles. The molecule has 0 amide bonds. The fourth-order valence-electron chi connectivity index (χ4n) is 2.29. The van der Waals surface area contributed by atoms with Crippen molar-refractivity contribution in [2.24, 2.45) is 0 Å². The Morgan fingerprint density at radius 1 is 1.37 bits per heavy atom. The van der Waals surface area contributed by atoms with Crippen LogP contribution in [-0.4, -0.2) is 41.1 Å². The van der Waals surface area contributed by atoms with Crippen molar-refractivity contribution in [3.8, 4) is 0 Å². The van der Waals surface area contributed by atoms with Gasteiger partial charge in [-0.1, -0.05) is 11.6 Å².